The molecule has 3 saturated heterocycles. The van der Waals surface area contributed by atoms with Crippen molar-refractivity contribution in [2.24, 2.45) is 44.3 Å². The summed E-state index contributed by atoms with van der Waals surface area (Å²) in [5.41, 5.74) is -0.850. The van der Waals surface area contributed by atoms with Gasteiger partial charge in [-0.1, -0.05) is 66.2 Å². The van der Waals surface area contributed by atoms with E-state index in [-0.39, 0.29) is 41.5 Å². The van der Waals surface area contributed by atoms with Gasteiger partial charge in [-0.25, -0.2) is 0 Å². The molecule has 3 saturated carbocycles. The van der Waals surface area contributed by atoms with Gasteiger partial charge in [0, 0.05) is 22.7 Å². The van der Waals surface area contributed by atoms with Gasteiger partial charge < -0.3 is 79.5 Å². The molecular weight excluding hydrogens is 849 g/mol. The first-order valence-electron chi connectivity index (χ1n) is 23.8. The molecule has 5 aliphatic carbocycles. The fourth-order valence-corrected chi connectivity index (χ4v) is 14.3. The second-order valence-electron chi connectivity index (χ2n) is 23.0. The van der Waals surface area contributed by atoms with E-state index in [1.54, 1.807) is 6.92 Å². The Bertz CT molecular complexity index is 1860. The molecule has 3 heterocycles. The first kappa shape index (κ1) is 49.9. The number of aliphatic hydroxyl groups excluding tert-OH is 10. The van der Waals surface area contributed by atoms with Gasteiger partial charge in [-0.2, -0.15) is 0 Å². The molecule has 17 heteroatoms. The third kappa shape index (κ3) is 7.52. The lowest BCUT2D eigenvalue weighted by Crippen LogP contribution is -2.67. The summed E-state index contributed by atoms with van der Waals surface area (Å²) in [6.45, 7) is 17.3. The number of Topliss-reactive ketones (excluding diaryl/α,β-unsaturated/α-hetero) is 1. The van der Waals surface area contributed by atoms with Crippen LogP contribution in [0, 0.1) is 44.3 Å². The summed E-state index contributed by atoms with van der Waals surface area (Å²) >= 11 is 0. The SMILES string of the molecule is C[C@@H]1O[C@@H](O[C@H]2[C@H](O[C@H]3[C@H](O[C@H]4CC[C@]5(C)[C@H]6C=CC7=C8CC(C)(C)C(=O)C[C@]8(CO)[C@H](O)C[C@@]7(C)[C@]6(C)CC[C@H]5C4(C)C)O[C@H](C)[C@H](O)[C@@H]3O)O[C@H](CO)[C@@H](O)[C@@H]2O)[C@H](O)[C@H](O)[C@H]1O. The van der Waals surface area contributed by atoms with Crippen molar-refractivity contribution < 1.29 is 84.3 Å². The molecule has 23 atom stereocenters. The number of ether oxygens (including phenoxy) is 6. The van der Waals surface area contributed by atoms with E-state index < -0.39 is 133 Å². The number of carbonyl (C=O) groups is 1. The Morgan fingerprint density at radius 1 is 0.677 bits per heavy atom. The predicted molar refractivity (Wildman–Crippen MR) is 229 cm³/mol. The summed E-state index contributed by atoms with van der Waals surface area (Å²) in [7, 11) is 0. The molecule has 0 bridgehead atoms. The molecule has 8 aliphatic rings. The average Bonchev–Trinajstić information content (AvgIpc) is 3.24. The standard InChI is InChI=1S/C48H76O17/c1-21-31(53)34(56)37(59)40(60-21)64-39-36(58)33(55)25(19-49)62-42(39)65-38-35(57)32(54)22(2)61-41(38)63-30-13-14-45(7)26(44(30,5)6)12-15-46(8)27(45)11-10-23-24-16-43(3,4)28(51)18-48(24,20-50)29(52)17-47(23,46)9/h10-11,21-22,25-27,29-42,49-50,52-59H,12-20H2,1-9H3/t21-,22+,25+,26-,27+,29+,30-,31-,32-,33+,34+,35-,36-,37+,38+,39+,40-,41-,42-,45-,46+,47+,48+/m0/s1. The molecule has 0 spiro atoms. The lowest BCUT2D eigenvalue weighted by molar-refractivity contribution is -0.396. The molecule has 6 fully saturated rings. The average molecular weight is 925 g/mol. The van der Waals surface area contributed by atoms with Crippen LogP contribution in [0.4, 0.5) is 0 Å². The summed E-state index contributed by atoms with van der Waals surface area (Å²) < 4.78 is 37.0. The Morgan fingerprint density at radius 2 is 1.26 bits per heavy atom. The number of hydrogen-bond acceptors (Lipinski definition) is 17. The Hall–Kier alpha value is -1.49. The van der Waals surface area contributed by atoms with Crippen LogP contribution >= 0.6 is 0 Å². The predicted octanol–water partition coefficient (Wildman–Crippen LogP) is 0.739. The van der Waals surface area contributed by atoms with E-state index in [1.807, 2.05) is 13.8 Å². The van der Waals surface area contributed by atoms with Crippen molar-refractivity contribution in [3.63, 3.8) is 0 Å². The van der Waals surface area contributed by atoms with Crippen molar-refractivity contribution in [1.82, 2.24) is 0 Å². The highest BCUT2D eigenvalue weighted by molar-refractivity contribution is 5.87. The minimum Gasteiger partial charge on any atom is -0.395 e. The number of ketones is 1. The van der Waals surface area contributed by atoms with Gasteiger partial charge in [-0.05, 0) is 86.0 Å². The van der Waals surface area contributed by atoms with Crippen LogP contribution in [0.2, 0.25) is 0 Å². The molecule has 370 valence electrons. The number of rotatable bonds is 8. The highest BCUT2D eigenvalue weighted by Gasteiger charge is 2.69. The van der Waals surface area contributed by atoms with E-state index in [0.717, 1.165) is 30.4 Å². The largest absolute Gasteiger partial charge is 0.395 e. The van der Waals surface area contributed by atoms with Gasteiger partial charge >= 0.3 is 0 Å². The summed E-state index contributed by atoms with van der Waals surface area (Å²) in [6, 6.07) is 0. The van der Waals surface area contributed by atoms with Gasteiger partial charge in [0.2, 0.25) is 0 Å². The van der Waals surface area contributed by atoms with Crippen LogP contribution in [0.25, 0.3) is 0 Å². The maximum Gasteiger partial charge on any atom is 0.187 e. The van der Waals surface area contributed by atoms with E-state index in [0.29, 0.717) is 19.3 Å². The van der Waals surface area contributed by atoms with Crippen LogP contribution in [0.5, 0.6) is 0 Å². The summed E-state index contributed by atoms with van der Waals surface area (Å²) in [5, 5.41) is 109. The Balaban J connectivity index is 1.06. The lowest BCUT2D eigenvalue weighted by Gasteiger charge is -2.70. The van der Waals surface area contributed by atoms with Crippen molar-refractivity contribution >= 4 is 5.78 Å². The third-order valence-corrected chi connectivity index (χ3v) is 18.7. The first-order valence-corrected chi connectivity index (χ1v) is 23.8. The number of hydrogen-bond donors (Lipinski definition) is 10. The number of fused-ring (bicyclic) bond motifs is 6. The van der Waals surface area contributed by atoms with Gasteiger partial charge in [0.25, 0.3) is 0 Å². The molecule has 0 aromatic carbocycles. The fraction of sp³-hybridized carbons (Fsp3) is 0.896. The Kier molecular flexibility index (Phi) is 13.2. The van der Waals surface area contributed by atoms with Crippen LogP contribution in [0.1, 0.15) is 107 Å². The van der Waals surface area contributed by atoms with Gasteiger partial charge in [-0.15, -0.1) is 0 Å². The van der Waals surface area contributed by atoms with E-state index in [9.17, 15) is 55.9 Å². The molecule has 0 aromatic heterocycles. The molecule has 17 nitrogen and oxygen atoms in total. The van der Waals surface area contributed by atoms with Crippen LogP contribution in [-0.2, 0) is 33.2 Å². The van der Waals surface area contributed by atoms with E-state index in [1.165, 1.54) is 6.92 Å². The van der Waals surface area contributed by atoms with Gasteiger partial charge in [0.15, 0.2) is 18.9 Å². The molecular formula is C48H76O17. The lowest BCUT2D eigenvalue weighted by atomic mass is 9.35. The van der Waals surface area contributed by atoms with Crippen molar-refractivity contribution in [2.75, 3.05) is 13.2 Å². The van der Waals surface area contributed by atoms with Gasteiger partial charge in [0.05, 0.1) is 37.6 Å². The molecule has 0 unspecified atom stereocenters. The Labute approximate surface area is 381 Å². The second kappa shape index (κ2) is 17.1. The van der Waals surface area contributed by atoms with Crippen LogP contribution in [0.3, 0.4) is 0 Å². The van der Waals surface area contributed by atoms with Crippen LogP contribution < -0.4 is 0 Å². The smallest absolute Gasteiger partial charge is 0.187 e. The monoisotopic (exact) mass is 925 g/mol. The highest BCUT2D eigenvalue weighted by Crippen LogP contribution is 2.74. The quantitative estimate of drug-likeness (QED) is 0.150. The summed E-state index contributed by atoms with van der Waals surface area (Å²) in [5.74, 6) is 0.294. The summed E-state index contributed by atoms with van der Waals surface area (Å²) in [4.78, 5) is 13.4. The zero-order chi connectivity index (χ0) is 47.7. The van der Waals surface area contributed by atoms with Crippen molar-refractivity contribution in [3.05, 3.63) is 23.3 Å². The highest BCUT2D eigenvalue weighted by atomic mass is 16.8. The molecule has 10 N–H and O–H groups in total. The normalized spacial score (nSPS) is 54.0. The van der Waals surface area contributed by atoms with Gasteiger partial charge in [-0.3, -0.25) is 4.79 Å². The molecule has 3 aliphatic heterocycles. The Morgan fingerprint density at radius 3 is 1.89 bits per heavy atom. The zero-order valence-electron chi connectivity index (χ0n) is 39.3. The molecule has 0 radical (unpaired) electrons. The van der Waals surface area contributed by atoms with Crippen molar-refractivity contribution in [1.29, 1.82) is 0 Å². The minimum absolute atomic E-state index is 0.0618. The third-order valence-electron chi connectivity index (χ3n) is 18.7. The first-order chi connectivity index (χ1) is 30.2. The van der Waals surface area contributed by atoms with Gasteiger partial charge in [0.1, 0.15) is 66.8 Å². The maximum absolute atomic E-state index is 13.4. The van der Waals surface area contributed by atoms with Crippen LogP contribution in [-0.4, -0.2) is 174 Å². The van der Waals surface area contributed by atoms with E-state index in [4.69, 9.17) is 28.4 Å². The van der Waals surface area contributed by atoms with Crippen molar-refractivity contribution in [2.45, 2.75) is 212 Å². The minimum atomic E-state index is -1.81. The fourth-order valence-electron chi connectivity index (χ4n) is 14.3. The molecule has 0 amide bonds. The zero-order valence-corrected chi connectivity index (χ0v) is 39.3. The molecule has 65 heavy (non-hydrogen) atoms. The number of aliphatic hydroxyl groups is 10. The molecule has 8 rings (SSSR count). The van der Waals surface area contributed by atoms with E-state index in [2.05, 4.69) is 46.8 Å². The number of carbonyl (C=O) groups excluding carboxylic acids is 1. The van der Waals surface area contributed by atoms with Crippen molar-refractivity contribution in [3.8, 4) is 0 Å². The maximum atomic E-state index is 13.4. The number of allylic oxidation sites excluding steroid dienone is 3. The summed E-state index contributed by atoms with van der Waals surface area (Å²) in [6.07, 6.45) is -15.2. The van der Waals surface area contributed by atoms with Crippen LogP contribution in [0.15, 0.2) is 23.3 Å². The van der Waals surface area contributed by atoms with E-state index >= 15 is 0 Å². The topological polar surface area (TPSA) is 275 Å². The molecule has 0 aromatic rings. The second-order valence-corrected chi connectivity index (χ2v) is 23.0.